The largest absolute Gasteiger partial charge is 0.303 e. The Bertz CT molecular complexity index is 875. The number of likely N-dealkylation sites (tertiary alicyclic amines) is 1. The second-order valence-corrected chi connectivity index (χ2v) is 8.94. The van der Waals surface area contributed by atoms with Gasteiger partial charge in [-0.25, -0.2) is 9.37 Å². The van der Waals surface area contributed by atoms with E-state index in [1.54, 1.807) is 23.5 Å². The lowest BCUT2D eigenvalue weighted by molar-refractivity contribution is 0.141. The van der Waals surface area contributed by atoms with Gasteiger partial charge in [0.25, 0.3) is 0 Å². The van der Waals surface area contributed by atoms with E-state index in [2.05, 4.69) is 44.7 Å². The zero-order valence-corrected chi connectivity index (χ0v) is 17.8. The maximum Gasteiger partial charge on any atom is 0.193 e. The van der Waals surface area contributed by atoms with Crippen molar-refractivity contribution in [1.82, 2.24) is 19.4 Å². The third-order valence-corrected chi connectivity index (χ3v) is 6.46. The van der Waals surface area contributed by atoms with Crippen LogP contribution < -0.4 is 0 Å². The van der Waals surface area contributed by atoms with Gasteiger partial charge in [0.2, 0.25) is 0 Å². The molecule has 3 heterocycles. The van der Waals surface area contributed by atoms with Crippen LogP contribution in [0.15, 0.2) is 54.2 Å². The molecule has 2 aromatic heterocycles. The van der Waals surface area contributed by atoms with Gasteiger partial charge in [0.05, 0.1) is 0 Å². The van der Waals surface area contributed by atoms with Gasteiger partial charge >= 0.3 is 0 Å². The summed E-state index contributed by atoms with van der Waals surface area (Å²) in [5.74, 6) is 0.543. The Morgan fingerprint density at radius 2 is 2.10 bits per heavy atom. The van der Waals surface area contributed by atoms with Gasteiger partial charge in [0, 0.05) is 49.6 Å². The Hall–Kier alpha value is -2.02. The topological polar surface area (TPSA) is 24.3 Å². The van der Waals surface area contributed by atoms with E-state index in [0.29, 0.717) is 5.92 Å². The molecule has 1 aliphatic heterocycles. The minimum Gasteiger partial charge on any atom is -0.303 e. The molecule has 1 fully saturated rings. The van der Waals surface area contributed by atoms with Gasteiger partial charge in [-0.1, -0.05) is 12.1 Å². The lowest BCUT2D eigenvalue weighted by atomic mass is 9.97. The van der Waals surface area contributed by atoms with Crippen LogP contribution in [0.5, 0.6) is 0 Å². The quantitative estimate of drug-likeness (QED) is 0.546. The molecule has 6 heteroatoms. The van der Waals surface area contributed by atoms with Crippen molar-refractivity contribution in [3.63, 3.8) is 0 Å². The fourth-order valence-corrected chi connectivity index (χ4v) is 4.95. The van der Waals surface area contributed by atoms with Crippen molar-refractivity contribution in [2.24, 2.45) is 5.92 Å². The van der Waals surface area contributed by atoms with Gasteiger partial charge in [-0.3, -0.25) is 4.57 Å². The summed E-state index contributed by atoms with van der Waals surface area (Å²) in [6, 6.07) is 11.2. The molecule has 1 aromatic carbocycles. The van der Waals surface area contributed by atoms with Crippen LogP contribution in [-0.4, -0.2) is 52.6 Å². The predicted molar refractivity (Wildman–Crippen MR) is 117 cm³/mol. The van der Waals surface area contributed by atoms with Crippen LogP contribution in [0.25, 0.3) is 5.13 Å². The number of hydrogen-bond acceptors (Lipinski definition) is 4. The standard InChI is InChI=1S/C23H29FN4S/c1-26(18-22-5-3-13-28(22)23-25-11-15-29-23)16-20-4-2-12-27(17-20)14-10-19-6-8-21(24)9-7-19/h3,5-9,11,13,15,20H,2,4,10,12,14,16-18H2,1H3. The van der Waals surface area contributed by atoms with Gasteiger partial charge in [0.1, 0.15) is 5.82 Å². The van der Waals surface area contributed by atoms with Gasteiger partial charge in [-0.2, -0.15) is 0 Å². The van der Waals surface area contributed by atoms with Crippen molar-refractivity contribution >= 4 is 11.3 Å². The molecule has 1 aliphatic rings. The number of halogens is 1. The maximum atomic E-state index is 13.1. The highest BCUT2D eigenvalue weighted by Crippen LogP contribution is 2.20. The first-order chi connectivity index (χ1) is 14.2. The highest BCUT2D eigenvalue weighted by atomic mass is 32.1. The highest BCUT2D eigenvalue weighted by Gasteiger charge is 2.21. The van der Waals surface area contributed by atoms with Crippen molar-refractivity contribution < 1.29 is 4.39 Å². The molecule has 4 rings (SSSR count). The SMILES string of the molecule is CN(Cc1cccn1-c1nccs1)CC1CCCN(CCc2ccc(F)cc2)C1. The molecule has 0 aliphatic carbocycles. The first-order valence-electron chi connectivity index (χ1n) is 10.4. The van der Waals surface area contributed by atoms with Crippen molar-refractivity contribution in [3.05, 3.63) is 71.2 Å². The molecule has 0 radical (unpaired) electrons. The number of nitrogens with zero attached hydrogens (tertiary/aromatic N) is 4. The van der Waals surface area contributed by atoms with E-state index in [1.807, 2.05) is 23.7 Å². The lowest BCUT2D eigenvalue weighted by Gasteiger charge is -2.34. The summed E-state index contributed by atoms with van der Waals surface area (Å²) in [5.41, 5.74) is 2.50. The van der Waals surface area contributed by atoms with Crippen molar-refractivity contribution in [3.8, 4) is 5.13 Å². The summed E-state index contributed by atoms with van der Waals surface area (Å²) in [7, 11) is 2.22. The fraction of sp³-hybridized carbons (Fsp3) is 0.435. The van der Waals surface area contributed by atoms with E-state index in [9.17, 15) is 4.39 Å². The van der Waals surface area contributed by atoms with E-state index in [4.69, 9.17) is 0 Å². The molecule has 1 unspecified atom stereocenters. The van der Waals surface area contributed by atoms with Crippen LogP contribution in [0.2, 0.25) is 0 Å². The Morgan fingerprint density at radius 1 is 1.24 bits per heavy atom. The predicted octanol–water partition coefficient (Wildman–Crippen LogP) is 4.46. The number of rotatable bonds is 8. The van der Waals surface area contributed by atoms with Crippen LogP contribution in [-0.2, 0) is 13.0 Å². The number of hydrogen-bond donors (Lipinski definition) is 0. The minimum absolute atomic E-state index is 0.157. The molecule has 1 saturated heterocycles. The third-order valence-electron chi connectivity index (χ3n) is 5.69. The Morgan fingerprint density at radius 3 is 2.90 bits per heavy atom. The van der Waals surface area contributed by atoms with E-state index in [1.165, 1.54) is 30.6 Å². The zero-order chi connectivity index (χ0) is 20.1. The lowest BCUT2D eigenvalue weighted by Crippen LogP contribution is -2.40. The van der Waals surface area contributed by atoms with Gasteiger partial charge in [-0.05, 0) is 68.6 Å². The molecule has 29 heavy (non-hydrogen) atoms. The monoisotopic (exact) mass is 412 g/mol. The molecule has 154 valence electrons. The summed E-state index contributed by atoms with van der Waals surface area (Å²) >= 11 is 1.67. The summed E-state index contributed by atoms with van der Waals surface area (Å²) in [4.78, 5) is 9.45. The number of aromatic nitrogens is 2. The van der Waals surface area contributed by atoms with Crippen LogP contribution in [0.1, 0.15) is 24.1 Å². The summed E-state index contributed by atoms with van der Waals surface area (Å²) in [6.07, 6.45) is 7.50. The van der Waals surface area contributed by atoms with Crippen molar-refractivity contribution in [1.29, 1.82) is 0 Å². The molecule has 1 atom stereocenters. The van der Waals surface area contributed by atoms with Crippen molar-refractivity contribution in [2.45, 2.75) is 25.8 Å². The van der Waals surface area contributed by atoms with E-state index in [0.717, 1.165) is 37.7 Å². The normalized spacial score (nSPS) is 17.8. The molecular weight excluding hydrogens is 383 g/mol. The van der Waals surface area contributed by atoms with Crippen LogP contribution in [0, 0.1) is 11.7 Å². The van der Waals surface area contributed by atoms with E-state index < -0.39 is 0 Å². The Labute approximate surface area is 176 Å². The van der Waals surface area contributed by atoms with E-state index in [-0.39, 0.29) is 5.82 Å². The summed E-state index contributed by atoms with van der Waals surface area (Å²) in [5, 5.41) is 3.05. The van der Waals surface area contributed by atoms with Crippen LogP contribution >= 0.6 is 11.3 Å². The third kappa shape index (κ3) is 5.53. The van der Waals surface area contributed by atoms with Crippen LogP contribution in [0.3, 0.4) is 0 Å². The molecule has 0 bridgehead atoms. The second kappa shape index (κ2) is 9.65. The average molecular weight is 413 g/mol. The number of benzene rings is 1. The van der Waals surface area contributed by atoms with Gasteiger partial charge in [-0.15, -0.1) is 11.3 Å². The van der Waals surface area contributed by atoms with Crippen molar-refractivity contribution in [2.75, 3.05) is 33.2 Å². The van der Waals surface area contributed by atoms with Crippen LogP contribution in [0.4, 0.5) is 4.39 Å². The second-order valence-electron chi connectivity index (χ2n) is 8.07. The zero-order valence-electron chi connectivity index (χ0n) is 17.0. The highest BCUT2D eigenvalue weighted by molar-refractivity contribution is 7.12. The molecule has 4 nitrogen and oxygen atoms in total. The number of thiazole rings is 1. The smallest absolute Gasteiger partial charge is 0.193 e. The molecular formula is C23H29FN4S. The molecule has 0 spiro atoms. The van der Waals surface area contributed by atoms with E-state index >= 15 is 0 Å². The Kier molecular flexibility index (Phi) is 6.74. The first-order valence-corrected chi connectivity index (χ1v) is 11.3. The fourth-order valence-electron chi connectivity index (χ4n) is 4.29. The maximum absolute atomic E-state index is 13.1. The van der Waals surface area contributed by atoms with Gasteiger partial charge in [0.15, 0.2) is 5.13 Å². The Balaban J connectivity index is 1.27. The minimum atomic E-state index is -0.157. The van der Waals surface area contributed by atoms with Gasteiger partial charge < -0.3 is 9.80 Å². The molecule has 0 N–H and O–H groups in total. The molecule has 3 aromatic rings. The summed E-state index contributed by atoms with van der Waals surface area (Å²) in [6.45, 7) is 5.42. The first kappa shape index (κ1) is 20.3. The molecule has 0 amide bonds. The number of piperidine rings is 1. The summed E-state index contributed by atoms with van der Waals surface area (Å²) < 4.78 is 15.3. The molecule has 0 saturated carbocycles. The average Bonchev–Trinajstić information content (AvgIpc) is 3.39.